The molecule has 0 saturated heterocycles. The van der Waals surface area contributed by atoms with E-state index in [-0.39, 0.29) is 10.4 Å². The quantitative estimate of drug-likeness (QED) is 0.480. The van der Waals surface area contributed by atoms with Gasteiger partial charge in [-0.2, -0.15) is 0 Å². The Bertz CT molecular complexity index is 343. The minimum absolute atomic E-state index is 0.0668. The van der Waals surface area contributed by atoms with Crippen LogP contribution in [-0.4, -0.2) is 0 Å². The van der Waals surface area contributed by atoms with E-state index >= 15 is 0 Å². The fourth-order valence-electron chi connectivity index (χ4n) is 1.75. The van der Waals surface area contributed by atoms with E-state index in [9.17, 15) is 13.2 Å². The van der Waals surface area contributed by atoms with Gasteiger partial charge in [0.1, 0.15) is 17.5 Å². The van der Waals surface area contributed by atoms with Crippen LogP contribution in [0.5, 0.6) is 0 Å². The molecule has 0 aromatic heterocycles. The van der Waals surface area contributed by atoms with Crippen LogP contribution < -0.4 is 0 Å². The first-order chi connectivity index (χ1) is 8.06. The molecule has 0 saturated carbocycles. The van der Waals surface area contributed by atoms with E-state index in [1.807, 2.05) is 0 Å². The average molecular weight is 309 g/mol. The van der Waals surface area contributed by atoms with Gasteiger partial charge in [0.2, 0.25) is 0 Å². The highest BCUT2D eigenvalue weighted by atomic mass is 79.9. The van der Waals surface area contributed by atoms with Gasteiger partial charge in [0.15, 0.2) is 0 Å². The maximum Gasteiger partial charge on any atom is 0.133 e. The SMILES string of the molecule is CCCCCCC(Br)c1c(F)cc(F)cc1F. The van der Waals surface area contributed by atoms with Crippen molar-refractivity contribution < 1.29 is 13.2 Å². The molecule has 1 aromatic rings. The second kappa shape index (κ2) is 7.04. The number of hydrogen-bond donors (Lipinski definition) is 0. The van der Waals surface area contributed by atoms with E-state index in [1.54, 1.807) is 0 Å². The summed E-state index contributed by atoms with van der Waals surface area (Å²) in [7, 11) is 0. The number of benzene rings is 1. The van der Waals surface area contributed by atoms with Crippen LogP contribution in [0.3, 0.4) is 0 Å². The third-order valence-electron chi connectivity index (χ3n) is 2.67. The summed E-state index contributed by atoms with van der Waals surface area (Å²) in [5.74, 6) is -2.52. The molecule has 0 aliphatic heterocycles. The van der Waals surface area contributed by atoms with Gasteiger partial charge in [-0.3, -0.25) is 0 Å². The van der Waals surface area contributed by atoms with Crippen molar-refractivity contribution >= 4 is 15.9 Å². The first-order valence-corrected chi connectivity index (χ1v) is 6.76. The summed E-state index contributed by atoms with van der Waals surface area (Å²) in [5.41, 5.74) is -0.0668. The monoisotopic (exact) mass is 308 g/mol. The van der Waals surface area contributed by atoms with Crippen LogP contribution in [0.2, 0.25) is 0 Å². The molecule has 17 heavy (non-hydrogen) atoms. The summed E-state index contributed by atoms with van der Waals surface area (Å²) in [5, 5.41) is 0. The summed E-state index contributed by atoms with van der Waals surface area (Å²) in [6.07, 6.45) is 4.84. The molecule has 0 aliphatic carbocycles. The Kier molecular flexibility index (Phi) is 6.03. The van der Waals surface area contributed by atoms with E-state index in [2.05, 4.69) is 22.9 Å². The molecule has 1 rings (SSSR count). The van der Waals surface area contributed by atoms with Gasteiger partial charge >= 0.3 is 0 Å². The molecule has 1 unspecified atom stereocenters. The van der Waals surface area contributed by atoms with Crippen LogP contribution in [-0.2, 0) is 0 Å². The van der Waals surface area contributed by atoms with Gasteiger partial charge in [0.25, 0.3) is 0 Å². The van der Waals surface area contributed by atoms with Crippen LogP contribution in [0, 0.1) is 17.5 Å². The Hall–Kier alpha value is -0.510. The van der Waals surface area contributed by atoms with E-state index in [0.717, 1.165) is 37.8 Å². The van der Waals surface area contributed by atoms with Gasteiger partial charge in [-0.1, -0.05) is 48.5 Å². The number of halogens is 4. The highest BCUT2D eigenvalue weighted by molar-refractivity contribution is 9.09. The van der Waals surface area contributed by atoms with Crippen LogP contribution >= 0.6 is 15.9 Å². The van der Waals surface area contributed by atoms with Gasteiger partial charge in [-0.15, -0.1) is 0 Å². The molecule has 0 bridgehead atoms. The second-order valence-electron chi connectivity index (χ2n) is 4.10. The summed E-state index contributed by atoms with van der Waals surface area (Å²) in [4.78, 5) is -0.389. The van der Waals surface area contributed by atoms with Crippen molar-refractivity contribution in [2.24, 2.45) is 0 Å². The summed E-state index contributed by atoms with van der Waals surface area (Å²) >= 11 is 3.26. The molecule has 1 aromatic carbocycles. The van der Waals surface area contributed by atoms with Crippen LogP contribution in [0.1, 0.15) is 49.4 Å². The summed E-state index contributed by atoms with van der Waals surface area (Å²) in [6, 6.07) is 1.44. The maximum absolute atomic E-state index is 13.4. The lowest BCUT2D eigenvalue weighted by molar-refractivity contribution is 0.514. The molecule has 0 fully saturated rings. The normalized spacial score (nSPS) is 12.8. The molecule has 0 spiro atoms. The van der Waals surface area contributed by atoms with Crippen molar-refractivity contribution in [3.63, 3.8) is 0 Å². The smallest absolute Gasteiger partial charge is 0.133 e. The Morgan fingerprint density at radius 1 is 1.06 bits per heavy atom. The molecule has 0 radical (unpaired) electrons. The number of rotatable bonds is 6. The van der Waals surface area contributed by atoms with E-state index < -0.39 is 17.5 Å². The highest BCUT2D eigenvalue weighted by Gasteiger charge is 2.18. The van der Waals surface area contributed by atoms with Crippen molar-refractivity contribution in [1.29, 1.82) is 0 Å². The van der Waals surface area contributed by atoms with Gasteiger partial charge < -0.3 is 0 Å². The molecule has 0 nitrogen and oxygen atoms in total. The van der Waals surface area contributed by atoms with Crippen LogP contribution in [0.25, 0.3) is 0 Å². The van der Waals surface area contributed by atoms with Crippen molar-refractivity contribution in [2.45, 2.75) is 43.9 Å². The maximum atomic E-state index is 13.4. The second-order valence-corrected chi connectivity index (χ2v) is 5.21. The standard InChI is InChI=1S/C13H16BrF3/c1-2-3-4-5-6-10(14)13-11(16)7-9(15)8-12(13)17/h7-8,10H,2-6H2,1H3. The largest absolute Gasteiger partial charge is 0.207 e. The minimum Gasteiger partial charge on any atom is -0.207 e. The van der Waals surface area contributed by atoms with Crippen molar-refractivity contribution in [3.05, 3.63) is 35.1 Å². The predicted octanol–water partition coefficient (Wildman–Crippen LogP) is 5.51. The Morgan fingerprint density at radius 2 is 1.65 bits per heavy atom. The molecule has 1 atom stereocenters. The zero-order valence-electron chi connectivity index (χ0n) is 9.78. The van der Waals surface area contributed by atoms with Gasteiger partial charge in [-0.05, 0) is 6.42 Å². The summed E-state index contributed by atoms with van der Waals surface area (Å²) < 4.78 is 39.6. The van der Waals surface area contributed by atoms with Crippen LogP contribution in [0.15, 0.2) is 12.1 Å². The molecule has 4 heteroatoms. The number of unbranched alkanes of at least 4 members (excludes halogenated alkanes) is 3. The predicted molar refractivity (Wildman–Crippen MR) is 66.7 cm³/mol. The first kappa shape index (κ1) is 14.6. The van der Waals surface area contributed by atoms with Crippen molar-refractivity contribution in [1.82, 2.24) is 0 Å². The molecule has 0 aliphatic rings. The molecule has 96 valence electrons. The topological polar surface area (TPSA) is 0 Å². The Labute approximate surface area is 108 Å². The first-order valence-electron chi connectivity index (χ1n) is 5.84. The summed E-state index contributed by atoms with van der Waals surface area (Å²) in [6.45, 7) is 2.10. The Balaban J connectivity index is 2.65. The van der Waals surface area contributed by atoms with E-state index in [4.69, 9.17) is 0 Å². The van der Waals surface area contributed by atoms with E-state index in [0.29, 0.717) is 6.42 Å². The number of hydrogen-bond acceptors (Lipinski definition) is 0. The molecule has 0 N–H and O–H groups in total. The lowest BCUT2D eigenvalue weighted by atomic mass is 10.0. The minimum atomic E-state index is -0.880. The lowest BCUT2D eigenvalue weighted by Gasteiger charge is -2.12. The molecule has 0 amide bonds. The Morgan fingerprint density at radius 3 is 2.18 bits per heavy atom. The van der Waals surface area contributed by atoms with Crippen LogP contribution in [0.4, 0.5) is 13.2 Å². The average Bonchev–Trinajstić information content (AvgIpc) is 2.23. The fraction of sp³-hybridized carbons (Fsp3) is 0.538. The van der Waals surface area contributed by atoms with Gasteiger partial charge in [-0.25, -0.2) is 13.2 Å². The molecular weight excluding hydrogens is 293 g/mol. The van der Waals surface area contributed by atoms with E-state index in [1.165, 1.54) is 0 Å². The third-order valence-corrected chi connectivity index (χ3v) is 3.58. The van der Waals surface area contributed by atoms with Gasteiger partial charge in [0.05, 0.1) is 0 Å². The highest BCUT2D eigenvalue weighted by Crippen LogP contribution is 2.32. The lowest BCUT2D eigenvalue weighted by Crippen LogP contribution is -2.00. The van der Waals surface area contributed by atoms with Crippen molar-refractivity contribution in [3.8, 4) is 0 Å². The zero-order valence-corrected chi connectivity index (χ0v) is 11.4. The molecule has 0 heterocycles. The van der Waals surface area contributed by atoms with Gasteiger partial charge in [0, 0.05) is 22.5 Å². The number of alkyl halides is 1. The third kappa shape index (κ3) is 4.34. The molecular formula is C13H16BrF3. The van der Waals surface area contributed by atoms with Crippen molar-refractivity contribution in [2.75, 3.05) is 0 Å². The zero-order chi connectivity index (χ0) is 12.8. The fourth-order valence-corrected chi connectivity index (χ4v) is 2.51.